The Morgan fingerprint density at radius 3 is 2.45 bits per heavy atom. The zero-order valence-corrected chi connectivity index (χ0v) is 24.2. The van der Waals surface area contributed by atoms with Gasteiger partial charge in [-0.3, -0.25) is 14.4 Å². The Labute approximate surface area is 242 Å². The van der Waals surface area contributed by atoms with Gasteiger partial charge < -0.3 is 39.3 Å². The summed E-state index contributed by atoms with van der Waals surface area (Å²) in [6, 6.07) is 7.63. The first-order valence-electron chi connectivity index (χ1n) is 13.8. The fraction of sp³-hybridized carbons (Fsp3) is 0.467. The third-order valence-corrected chi connectivity index (χ3v) is 7.41. The lowest BCUT2D eigenvalue weighted by atomic mass is 9.79. The van der Waals surface area contributed by atoms with Crippen LogP contribution < -0.4 is 21.5 Å². The highest BCUT2D eigenvalue weighted by Crippen LogP contribution is 2.43. The summed E-state index contributed by atoms with van der Waals surface area (Å²) >= 11 is 0. The third kappa shape index (κ3) is 5.58. The quantitative estimate of drug-likeness (QED) is 0.198. The molecule has 1 aromatic heterocycles. The molecule has 12 nitrogen and oxygen atoms in total. The average molecular weight is 582 g/mol. The number of aromatic hydroxyl groups is 1. The number of benzene rings is 1. The summed E-state index contributed by atoms with van der Waals surface area (Å²) in [5, 5.41) is 17.1. The van der Waals surface area contributed by atoms with E-state index in [4.69, 9.17) is 18.6 Å². The predicted molar refractivity (Wildman–Crippen MR) is 153 cm³/mol. The maximum Gasteiger partial charge on any atom is 0.510 e. The summed E-state index contributed by atoms with van der Waals surface area (Å²) in [4.78, 5) is 52.3. The minimum atomic E-state index is -0.891. The van der Waals surface area contributed by atoms with Crippen molar-refractivity contribution in [1.82, 2.24) is 4.90 Å². The summed E-state index contributed by atoms with van der Waals surface area (Å²) < 4.78 is 21.9. The number of carbonyl (C=O) groups is 2. The first-order chi connectivity index (χ1) is 19.8. The fourth-order valence-corrected chi connectivity index (χ4v) is 5.16. The molecule has 0 bridgehead atoms. The Hall–Kier alpha value is -4.32. The normalized spacial score (nSPS) is 18.8. The second-order valence-corrected chi connectivity index (χ2v) is 12.1. The average Bonchev–Trinajstić information content (AvgIpc) is 3.54. The first kappa shape index (κ1) is 29.2. The molecule has 0 aliphatic carbocycles. The molecule has 2 atom stereocenters. The van der Waals surface area contributed by atoms with Gasteiger partial charge in [0, 0.05) is 18.4 Å². The van der Waals surface area contributed by atoms with Crippen LogP contribution in [0, 0.1) is 12.3 Å². The van der Waals surface area contributed by atoms with Gasteiger partial charge in [-0.1, -0.05) is 13.0 Å². The lowest BCUT2D eigenvalue weighted by molar-refractivity contribution is -0.115. The maximum atomic E-state index is 13.4. The molecule has 5 rings (SSSR count). The molecule has 3 N–H and O–H groups in total. The number of amides is 1. The van der Waals surface area contributed by atoms with Crippen LogP contribution in [0.4, 0.5) is 21.9 Å². The molecule has 224 valence electrons. The number of hydrogen-bond donors (Lipinski definition) is 3. The van der Waals surface area contributed by atoms with E-state index in [-0.39, 0.29) is 28.0 Å². The van der Waals surface area contributed by atoms with Crippen molar-refractivity contribution < 1.29 is 33.3 Å². The van der Waals surface area contributed by atoms with E-state index in [2.05, 4.69) is 10.6 Å². The Kier molecular flexibility index (Phi) is 7.52. The van der Waals surface area contributed by atoms with Crippen LogP contribution in [0.25, 0.3) is 0 Å². The highest BCUT2D eigenvalue weighted by molar-refractivity contribution is 5.99. The Morgan fingerprint density at radius 1 is 1.12 bits per heavy atom. The number of ether oxygens (including phenoxy) is 3. The van der Waals surface area contributed by atoms with E-state index in [1.165, 1.54) is 23.1 Å². The molecule has 0 saturated carbocycles. The van der Waals surface area contributed by atoms with E-state index in [9.17, 15) is 24.3 Å². The number of furan rings is 1. The molecule has 0 spiro atoms. The lowest BCUT2D eigenvalue weighted by Crippen LogP contribution is -2.49. The van der Waals surface area contributed by atoms with Crippen LogP contribution in [0.1, 0.15) is 68.5 Å². The molecule has 1 unspecified atom stereocenters. The molecular formula is C30H35N3O9. The van der Waals surface area contributed by atoms with E-state index in [1.807, 2.05) is 26.0 Å². The molecule has 2 aliphatic rings. The highest BCUT2D eigenvalue weighted by atomic mass is 16.7. The smallest absolute Gasteiger partial charge is 0.505 e. The van der Waals surface area contributed by atoms with Crippen molar-refractivity contribution in [3.05, 3.63) is 67.9 Å². The van der Waals surface area contributed by atoms with Crippen molar-refractivity contribution in [2.24, 2.45) is 5.41 Å². The molecule has 1 amide bonds. The van der Waals surface area contributed by atoms with Crippen LogP contribution in [0.5, 0.6) is 5.75 Å². The monoisotopic (exact) mass is 581 g/mol. The molecule has 2 saturated heterocycles. The summed E-state index contributed by atoms with van der Waals surface area (Å²) in [6.45, 7) is 10.1. The van der Waals surface area contributed by atoms with Crippen LogP contribution in [-0.2, 0) is 14.2 Å². The zero-order chi connectivity index (χ0) is 30.4. The largest absolute Gasteiger partial charge is 0.510 e. The minimum absolute atomic E-state index is 0.0377. The topological polar surface area (TPSA) is 157 Å². The number of phenolic OH excluding ortho intramolecular Hbond substituents is 1. The second-order valence-electron chi connectivity index (χ2n) is 12.1. The number of rotatable bonds is 8. The molecule has 2 fully saturated rings. The number of carbonyl (C=O) groups excluding carboxylic acids is 2. The van der Waals surface area contributed by atoms with Gasteiger partial charge >= 0.3 is 6.16 Å². The van der Waals surface area contributed by atoms with Gasteiger partial charge in [0.15, 0.2) is 12.0 Å². The van der Waals surface area contributed by atoms with Crippen LogP contribution >= 0.6 is 0 Å². The van der Waals surface area contributed by atoms with E-state index in [0.29, 0.717) is 44.1 Å². The number of nitrogens with zero attached hydrogens (tertiary/aromatic N) is 1. The van der Waals surface area contributed by atoms with Gasteiger partial charge in [0.05, 0.1) is 30.5 Å². The standard InChI is InChI=1S/C30H35N3O9/c1-16-11-12-19(40-16)26(30(5)14-39-15-30)32-22-21(24(35)25(22)36)31-18-9-6-8-17(23(18)34)27(37)33-13-7-10-20(33)41-28(38)42-29(2,3)4/h6,8-9,11-12,20,26,31-32,34H,7,10,13-15H2,1-5H3/t20-,26?/m1/s1. The molecule has 2 aromatic carbocycles. The number of nitrogens with one attached hydrogen (secondary N) is 2. The van der Waals surface area contributed by atoms with Crippen molar-refractivity contribution in [3.8, 4) is 5.75 Å². The summed E-state index contributed by atoms with van der Waals surface area (Å²) in [5.74, 6) is 0.326. The van der Waals surface area contributed by atoms with E-state index in [1.54, 1.807) is 20.8 Å². The van der Waals surface area contributed by atoms with E-state index < -0.39 is 46.5 Å². The first-order valence-corrected chi connectivity index (χ1v) is 13.8. The number of aryl methyl sites for hydroxylation is 1. The Morgan fingerprint density at radius 2 is 1.83 bits per heavy atom. The number of hydrogen-bond acceptors (Lipinski definition) is 11. The second kappa shape index (κ2) is 10.8. The van der Waals surface area contributed by atoms with Crippen LogP contribution in [0.3, 0.4) is 0 Å². The number of phenols is 1. The third-order valence-electron chi connectivity index (χ3n) is 7.41. The van der Waals surface area contributed by atoms with E-state index >= 15 is 0 Å². The van der Waals surface area contributed by atoms with Gasteiger partial charge in [0.25, 0.3) is 16.8 Å². The van der Waals surface area contributed by atoms with Gasteiger partial charge in [-0.15, -0.1) is 0 Å². The van der Waals surface area contributed by atoms with Gasteiger partial charge in [-0.05, 0) is 58.4 Å². The highest BCUT2D eigenvalue weighted by Gasteiger charge is 2.45. The predicted octanol–water partition coefficient (Wildman–Crippen LogP) is 4.34. The summed E-state index contributed by atoms with van der Waals surface area (Å²) in [7, 11) is 0. The number of para-hydroxylation sites is 1. The van der Waals surface area contributed by atoms with Crippen LogP contribution in [-0.4, -0.2) is 53.7 Å². The zero-order valence-electron chi connectivity index (χ0n) is 24.2. The number of likely N-dealkylation sites (tertiary alicyclic amines) is 1. The van der Waals surface area contributed by atoms with Gasteiger partial charge in [-0.25, -0.2) is 4.79 Å². The Bertz CT molecular complexity index is 1570. The van der Waals surface area contributed by atoms with Gasteiger partial charge in [0.1, 0.15) is 28.5 Å². The minimum Gasteiger partial charge on any atom is -0.505 e. The summed E-state index contributed by atoms with van der Waals surface area (Å²) in [5.41, 5.74) is -2.60. The molecule has 12 heteroatoms. The molecule has 3 heterocycles. The Balaban J connectivity index is 1.36. The van der Waals surface area contributed by atoms with Crippen molar-refractivity contribution in [2.45, 2.75) is 65.3 Å². The van der Waals surface area contributed by atoms with Crippen molar-refractivity contribution >= 4 is 29.1 Å². The summed E-state index contributed by atoms with van der Waals surface area (Å²) in [6.07, 6.45) is -0.733. The molecule has 0 radical (unpaired) electrons. The molecular weight excluding hydrogens is 546 g/mol. The molecule has 2 aliphatic heterocycles. The number of anilines is 3. The lowest BCUT2D eigenvalue weighted by Gasteiger charge is -2.44. The van der Waals surface area contributed by atoms with Gasteiger partial charge in [0.2, 0.25) is 0 Å². The van der Waals surface area contributed by atoms with Crippen molar-refractivity contribution in [3.63, 3.8) is 0 Å². The van der Waals surface area contributed by atoms with E-state index in [0.717, 1.165) is 0 Å². The molecule has 3 aromatic rings. The van der Waals surface area contributed by atoms with Crippen LogP contribution in [0.2, 0.25) is 0 Å². The van der Waals surface area contributed by atoms with Gasteiger partial charge in [-0.2, -0.15) is 0 Å². The molecule has 42 heavy (non-hydrogen) atoms. The fourth-order valence-electron chi connectivity index (χ4n) is 5.16. The maximum absolute atomic E-state index is 13.4. The van der Waals surface area contributed by atoms with Crippen LogP contribution in [0.15, 0.2) is 44.3 Å². The van der Waals surface area contributed by atoms with Crippen molar-refractivity contribution in [2.75, 3.05) is 30.4 Å². The van der Waals surface area contributed by atoms with Crippen molar-refractivity contribution in [1.29, 1.82) is 0 Å². The SMILES string of the molecule is Cc1ccc(C(Nc2c(Nc3cccc(C(=O)N4CCC[C@H]4OC(=O)OC(C)(C)C)c3O)c(=O)c2=O)C2(C)COC2)o1.